The summed E-state index contributed by atoms with van der Waals surface area (Å²) >= 11 is 1.12. The molecule has 0 radical (unpaired) electrons. The molecule has 1 N–H and O–H groups in total. The largest absolute Gasteiger partial charge is 0.522 e. The van der Waals surface area contributed by atoms with Gasteiger partial charge in [0.05, 0.1) is 13.0 Å². The van der Waals surface area contributed by atoms with Crippen molar-refractivity contribution in [2.75, 3.05) is 18.1 Å². The number of alkyl halides is 3. The van der Waals surface area contributed by atoms with Gasteiger partial charge in [0, 0.05) is 11.5 Å². The Morgan fingerprint density at radius 2 is 2.00 bits per heavy atom. The predicted octanol–water partition coefficient (Wildman–Crippen LogP) is 1.73. The summed E-state index contributed by atoms with van der Waals surface area (Å²) in [6.07, 6.45) is -4.63. The molecule has 3 nitrogen and oxygen atoms in total. The van der Waals surface area contributed by atoms with Gasteiger partial charge in [0.1, 0.15) is 0 Å². The number of rotatable bonds is 6. The van der Waals surface area contributed by atoms with Gasteiger partial charge in [0.15, 0.2) is 0 Å². The van der Waals surface area contributed by atoms with Crippen LogP contribution in [-0.2, 0) is 9.53 Å². The lowest BCUT2D eigenvalue weighted by atomic mass is 10.5. The van der Waals surface area contributed by atoms with Gasteiger partial charge in [-0.3, -0.25) is 9.53 Å². The topological polar surface area (TPSA) is 46.5 Å². The molecule has 0 atom stereocenters. The summed E-state index contributed by atoms with van der Waals surface area (Å²) in [6.45, 7) is -0.437. The van der Waals surface area contributed by atoms with Gasteiger partial charge in [0.25, 0.3) is 0 Å². The Morgan fingerprint density at radius 1 is 1.38 bits per heavy atom. The summed E-state index contributed by atoms with van der Waals surface area (Å²) in [5, 5.41) is 8.17. The molecule has 0 fully saturated rings. The quantitative estimate of drug-likeness (QED) is 0.690. The van der Waals surface area contributed by atoms with E-state index < -0.39 is 18.9 Å². The van der Waals surface area contributed by atoms with E-state index in [1.54, 1.807) is 0 Å². The number of carboxylic acid groups (broad SMARTS) is 1. The van der Waals surface area contributed by atoms with Crippen LogP contribution in [0, 0.1) is 0 Å². The molecule has 0 aliphatic carbocycles. The number of ether oxygens (including phenoxy) is 1. The lowest BCUT2D eigenvalue weighted by molar-refractivity contribution is -0.322. The van der Waals surface area contributed by atoms with Gasteiger partial charge in [-0.05, 0) is 0 Å². The normalized spacial score (nSPS) is 11.6. The molecule has 13 heavy (non-hydrogen) atoms. The van der Waals surface area contributed by atoms with E-state index >= 15 is 0 Å². The van der Waals surface area contributed by atoms with Crippen LogP contribution in [0.3, 0.4) is 0 Å². The van der Waals surface area contributed by atoms with Crippen LogP contribution in [0.25, 0.3) is 0 Å². The Hall–Kier alpha value is -0.430. The highest BCUT2D eigenvalue weighted by atomic mass is 32.2. The van der Waals surface area contributed by atoms with Crippen molar-refractivity contribution in [2.24, 2.45) is 0 Å². The summed E-state index contributed by atoms with van der Waals surface area (Å²) in [5.74, 6) is -0.507. The summed E-state index contributed by atoms with van der Waals surface area (Å²) in [5.41, 5.74) is 0. The zero-order chi connectivity index (χ0) is 10.3. The molecule has 0 spiro atoms. The van der Waals surface area contributed by atoms with E-state index in [0.29, 0.717) is 5.75 Å². The summed E-state index contributed by atoms with van der Waals surface area (Å²) < 4.78 is 37.6. The summed E-state index contributed by atoms with van der Waals surface area (Å²) in [7, 11) is 0. The van der Waals surface area contributed by atoms with Crippen LogP contribution >= 0.6 is 11.8 Å². The van der Waals surface area contributed by atoms with E-state index in [1.165, 1.54) is 0 Å². The third-order valence-corrected chi connectivity index (χ3v) is 1.90. The van der Waals surface area contributed by atoms with E-state index in [0.717, 1.165) is 11.8 Å². The van der Waals surface area contributed by atoms with Gasteiger partial charge in [-0.25, -0.2) is 0 Å². The fourth-order valence-corrected chi connectivity index (χ4v) is 1.20. The summed E-state index contributed by atoms with van der Waals surface area (Å²) in [4.78, 5) is 9.97. The Kier molecular flexibility index (Phi) is 5.89. The second kappa shape index (κ2) is 6.09. The first-order valence-electron chi connectivity index (χ1n) is 3.42. The van der Waals surface area contributed by atoms with Crippen molar-refractivity contribution in [2.45, 2.75) is 12.8 Å². The molecule has 0 aromatic heterocycles. The number of carbonyl (C=O) groups is 1. The third kappa shape index (κ3) is 11.6. The molecular formula is C6H9F3O3S. The monoisotopic (exact) mass is 218 g/mol. The first kappa shape index (κ1) is 12.6. The van der Waals surface area contributed by atoms with E-state index in [2.05, 4.69) is 4.74 Å². The number of hydrogen-bond donors (Lipinski definition) is 1. The molecule has 0 saturated carbocycles. The molecule has 0 heterocycles. The number of halogens is 3. The molecular weight excluding hydrogens is 209 g/mol. The second-order valence-electron chi connectivity index (χ2n) is 2.05. The van der Waals surface area contributed by atoms with Gasteiger partial charge in [0.2, 0.25) is 0 Å². The van der Waals surface area contributed by atoms with E-state index in [4.69, 9.17) is 5.11 Å². The van der Waals surface area contributed by atoms with E-state index in [9.17, 15) is 18.0 Å². The van der Waals surface area contributed by atoms with Gasteiger partial charge < -0.3 is 5.11 Å². The first-order chi connectivity index (χ1) is 5.92. The molecule has 0 aromatic rings. The predicted molar refractivity (Wildman–Crippen MR) is 41.6 cm³/mol. The SMILES string of the molecule is O=C(O)CCSCCOC(F)(F)F. The Balaban J connectivity index is 3.13. The molecule has 0 saturated heterocycles. The van der Waals surface area contributed by atoms with Crippen molar-refractivity contribution in [3.05, 3.63) is 0 Å². The highest BCUT2D eigenvalue weighted by Gasteiger charge is 2.28. The lowest BCUT2D eigenvalue weighted by Gasteiger charge is -2.05. The van der Waals surface area contributed by atoms with Crippen molar-refractivity contribution < 1.29 is 27.8 Å². The smallest absolute Gasteiger partial charge is 0.481 e. The first-order valence-corrected chi connectivity index (χ1v) is 4.57. The maximum absolute atomic E-state index is 11.4. The minimum atomic E-state index is -4.59. The maximum atomic E-state index is 11.4. The standard InChI is InChI=1S/C6H9F3O3S/c7-6(8,9)12-2-4-13-3-1-5(10)11/h1-4H2,(H,10,11). The molecule has 0 aliphatic rings. The Bertz CT molecular complexity index is 160. The highest BCUT2D eigenvalue weighted by Crippen LogP contribution is 2.16. The average Bonchev–Trinajstić information content (AvgIpc) is 1.93. The Morgan fingerprint density at radius 3 is 2.46 bits per heavy atom. The van der Waals surface area contributed by atoms with E-state index in [-0.39, 0.29) is 12.2 Å². The van der Waals surface area contributed by atoms with Gasteiger partial charge in [-0.1, -0.05) is 0 Å². The molecule has 0 amide bonds. The van der Waals surface area contributed by atoms with Crippen LogP contribution in [0.4, 0.5) is 13.2 Å². The van der Waals surface area contributed by atoms with Gasteiger partial charge in [-0.15, -0.1) is 13.2 Å². The molecule has 0 bridgehead atoms. The summed E-state index contributed by atoms with van der Waals surface area (Å²) in [6, 6.07) is 0. The van der Waals surface area contributed by atoms with Crippen LogP contribution < -0.4 is 0 Å². The fraction of sp³-hybridized carbons (Fsp3) is 0.833. The van der Waals surface area contributed by atoms with Crippen LogP contribution in [0.1, 0.15) is 6.42 Å². The van der Waals surface area contributed by atoms with Crippen molar-refractivity contribution in [3.8, 4) is 0 Å². The fourth-order valence-electron chi connectivity index (χ4n) is 0.478. The molecule has 0 aliphatic heterocycles. The van der Waals surface area contributed by atoms with Crippen LogP contribution in [0.5, 0.6) is 0 Å². The third-order valence-electron chi connectivity index (χ3n) is 0.954. The molecule has 0 aromatic carbocycles. The second-order valence-corrected chi connectivity index (χ2v) is 3.28. The Labute approximate surface area is 77.3 Å². The minimum Gasteiger partial charge on any atom is -0.481 e. The average molecular weight is 218 g/mol. The number of thioether (sulfide) groups is 1. The number of carboxylic acids is 1. The molecule has 7 heteroatoms. The lowest BCUT2D eigenvalue weighted by Crippen LogP contribution is -2.15. The molecule has 0 unspecified atom stereocenters. The van der Waals surface area contributed by atoms with Crippen molar-refractivity contribution in [1.82, 2.24) is 0 Å². The van der Waals surface area contributed by atoms with Crippen LogP contribution in [0.15, 0.2) is 0 Å². The minimum absolute atomic E-state index is 0.0450. The van der Waals surface area contributed by atoms with Gasteiger partial charge >= 0.3 is 12.3 Å². The number of aliphatic carboxylic acids is 1. The van der Waals surface area contributed by atoms with Crippen LogP contribution in [-0.4, -0.2) is 35.6 Å². The maximum Gasteiger partial charge on any atom is 0.522 e. The van der Waals surface area contributed by atoms with E-state index in [1.807, 2.05) is 0 Å². The zero-order valence-corrected chi connectivity index (χ0v) is 7.45. The van der Waals surface area contributed by atoms with Crippen molar-refractivity contribution in [1.29, 1.82) is 0 Å². The number of hydrogen-bond acceptors (Lipinski definition) is 3. The van der Waals surface area contributed by atoms with Crippen molar-refractivity contribution >= 4 is 17.7 Å². The van der Waals surface area contributed by atoms with Gasteiger partial charge in [-0.2, -0.15) is 11.8 Å². The molecule has 0 rings (SSSR count). The molecule has 78 valence electrons. The highest BCUT2D eigenvalue weighted by molar-refractivity contribution is 7.99. The van der Waals surface area contributed by atoms with Crippen molar-refractivity contribution in [3.63, 3.8) is 0 Å². The zero-order valence-electron chi connectivity index (χ0n) is 6.63. The van der Waals surface area contributed by atoms with Crippen LogP contribution in [0.2, 0.25) is 0 Å².